The zero-order valence-electron chi connectivity index (χ0n) is 39.7. The predicted molar refractivity (Wildman–Crippen MR) is 260 cm³/mol. The number of fused-ring (bicyclic) bond motifs is 7. The second-order valence-electron chi connectivity index (χ2n) is 22.3. The standard InChI is InChI=1S/C55H65BN2O3/c1-31-24-37(54(11,12)13)25-32(2)47(31)58-43-30-38(55(14,15)16)29-42-46(43)56(51-49(58)39-27-35(52(5,6)7)19-21-44(39)61-51)40-28-36(53(8,9)10)18-20-41(40)57(42)48-33(3)26-45-50(34(48)4)60-23-17-22-59-45/h18-21,24-30H,17,22-23H2,1-16H3. The lowest BCUT2D eigenvalue weighted by Gasteiger charge is -2.45. The van der Waals surface area contributed by atoms with Crippen LogP contribution in [0, 0.1) is 27.7 Å². The van der Waals surface area contributed by atoms with Crippen LogP contribution >= 0.6 is 0 Å². The maximum Gasteiger partial charge on any atom is 0.297 e. The predicted octanol–water partition coefficient (Wildman–Crippen LogP) is 13.1. The lowest BCUT2D eigenvalue weighted by atomic mass is 9.35. The topological polar surface area (TPSA) is 38.1 Å². The van der Waals surface area contributed by atoms with Crippen molar-refractivity contribution >= 4 is 68.4 Å². The van der Waals surface area contributed by atoms with E-state index in [1.807, 2.05) is 0 Å². The van der Waals surface area contributed by atoms with Gasteiger partial charge in [-0.15, -0.1) is 0 Å². The summed E-state index contributed by atoms with van der Waals surface area (Å²) in [5, 5.41) is 1.15. The molecular weight excluding hydrogens is 747 g/mol. The van der Waals surface area contributed by atoms with E-state index < -0.39 is 0 Å². The molecule has 9 rings (SSSR count). The smallest absolute Gasteiger partial charge is 0.297 e. The summed E-state index contributed by atoms with van der Waals surface area (Å²) in [6.07, 6.45) is 0.857. The van der Waals surface area contributed by atoms with Crippen LogP contribution in [0.1, 0.15) is 134 Å². The Bertz CT molecular complexity index is 2760. The molecule has 0 aliphatic carbocycles. The van der Waals surface area contributed by atoms with E-state index in [0.29, 0.717) is 13.2 Å². The maximum absolute atomic E-state index is 7.38. The van der Waals surface area contributed by atoms with Crippen molar-refractivity contribution in [3.05, 3.63) is 111 Å². The molecule has 0 saturated heterocycles. The summed E-state index contributed by atoms with van der Waals surface area (Å²) in [6, 6.07) is 26.1. The third-order valence-electron chi connectivity index (χ3n) is 13.5. The fraction of sp³-hybridized carbons (Fsp3) is 0.418. The number of hydrogen-bond acceptors (Lipinski definition) is 5. The number of benzene rings is 5. The number of hydrogen-bond donors (Lipinski definition) is 0. The van der Waals surface area contributed by atoms with Gasteiger partial charge in [-0.25, -0.2) is 0 Å². The van der Waals surface area contributed by atoms with Gasteiger partial charge in [0.15, 0.2) is 11.5 Å². The Morgan fingerprint density at radius 3 is 1.67 bits per heavy atom. The molecule has 5 aromatic carbocycles. The van der Waals surface area contributed by atoms with E-state index in [1.165, 1.54) is 67.1 Å². The van der Waals surface area contributed by atoms with Crippen molar-refractivity contribution < 1.29 is 13.9 Å². The van der Waals surface area contributed by atoms with Crippen molar-refractivity contribution in [1.29, 1.82) is 0 Å². The van der Waals surface area contributed by atoms with Gasteiger partial charge in [-0.1, -0.05) is 113 Å². The molecule has 0 spiro atoms. The molecule has 0 amide bonds. The Labute approximate surface area is 365 Å². The molecule has 0 atom stereocenters. The molecule has 5 nitrogen and oxygen atoms in total. The summed E-state index contributed by atoms with van der Waals surface area (Å²) in [6.45, 7) is 38.0. The van der Waals surface area contributed by atoms with Crippen LogP contribution in [0.25, 0.3) is 11.0 Å². The molecule has 6 heteroatoms. The number of ether oxygens (including phenoxy) is 2. The summed E-state index contributed by atoms with van der Waals surface area (Å²) in [4.78, 5) is 5.15. The molecule has 0 unspecified atom stereocenters. The first-order valence-corrected chi connectivity index (χ1v) is 22.5. The lowest BCUT2D eigenvalue weighted by Crippen LogP contribution is -2.61. The second kappa shape index (κ2) is 13.7. The van der Waals surface area contributed by atoms with Crippen LogP contribution in [0.5, 0.6) is 11.5 Å². The zero-order valence-corrected chi connectivity index (χ0v) is 39.7. The van der Waals surface area contributed by atoms with Gasteiger partial charge >= 0.3 is 0 Å². The van der Waals surface area contributed by atoms with Crippen LogP contribution in [0.2, 0.25) is 0 Å². The Balaban J connectivity index is 1.47. The zero-order chi connectivity index (χ0) is 43.9. The average molecular weight is 813 g/mol. The van der Waals surface area contributed by atoms with Crippen LogP contribution in [0.3, 0.4) is 0 Å². The SMILES string of the molecule is Cc1cc(C(C)(C)C)cc(C)c1N1c2cc(C(C)(C)C)cc3c2B(c2cc(C(C)(C)C)ccc2N3c2c(C)cc3c(c2C)OCCCO3)c2oc3ccc(C(C)(C)C)cc3c21. The van der Waals surface area contributed by atoms with Crippen molar-refractivity contribution in [1.82, 2.24) is 0 Å². The van der Waals surface area contributed by atoms with Gasteiger partial charge in [-0.05, 0) is 136 Å². The normalized spacial score (nSPS) is 15.2. The third kappa shape index (κ3) is 6.57. The first-order chi connectivity index (χ1) is 28.4. The van der Waals surface area contributed by atoms with Gasteiger partial charge in [0.1, 0.15) is 5.58 Å². The van der Waals surface area contributed by atoms with Crippen molar-refractivity contribution in [2.75, 3.05) is 23.0 Å². The summed E-state index contributed by atoms with van der Waals surface area (Å²) >= 11 is 0. The van der Waals surface area contributed by atoms with Gasteiger partial charge < -0.3 is 23.7 Å². The molecule has 4 heterocycles. The van der Waals surface area contributed by atoms with E-state index in [9.17, 15) is 0 Å². The summed E-state index contributed by atoms with van der Waals surface area (Å²) < 4.78 is 20.2. The average Bonchev–Trinajstić information content (AvgIpc) is 3.36. The number of aryl methyl sites for hydroxylation is 3. The molecule has 0 fully saturated rings. The fourth-order valence-corrected chi connectivity index (χ4v) is 10.0. The lowest BCUT2D eigenvalue weighted by molar-refractivity contribution is 0.296. The van der Waals surface area contributed by atoms with Crippen molar-refractivity contribution in [2.45, 2.75) is 139 Å². The summed E-state index contributed by atoms with van der Waals surface area (Å²) in [5.41, 5.74) is 21.2. The highest BCUT2D eigenvalue weighted by atomic mass is 16.5. The van der Waals surface area contributed by atoms with Crippen molar-refractivity contribution in [2.24, 2.45) is 0 Å². The molecule has 0 radical (unpaired) electrons. The number of anilines is 6. The van der Waals surface area contributed by atoms with Crippen molar-refractivity contribution in [3.63, 3.8) is 0 Å². The van der Waals surface area contributed by atoms with E-state index in [4.69, 9.17) is 13.9 Å². The van der Waals surface area contributed by atoms with E-state index in [0.717, 1.165) is 57.1 Å². The molecule has 1 aromatic heterocycles. The highest BCUT2D eigenvalue weighted by Crippen LogP contribution is 2.53. The Kier molecular flexibility index (Phi) is 9.27. The molecule has 0 saturated carbocycles. The van der Waals surface area contributed by atoms with E-state index in [1.54, 1.807) is 0 Å². The molecular formula is C55H65BN2O3. The van der Waals surface area contributed by atoms with Crippen LogP contribution in [-0.4, -0.2) is 19.9 Å². The quantitative estimate of drug-likeness (QED) is 0.163. The second-order valence-corrected chi connectivity index (χ2v) is 22.3. The molecule has 3 aliphatic heterocycles. The summed E-state index contributed by atoms with van der Waals surface area (Å²) in [7, 11) is 0. The maximum atomic E-state index is 7.38. The highest BCUT2D eigenvalue weighted by Gasteiger charge is 2.48. The van der Waals surface area contributed by atoms with Gasteiger partial charge in [-0.3, -0.25) is 0 Å². The van der Waals surface area contributed by atoms with Crippen LogP contribution in [0.15, 0.2) is 71.1 Å². The van der Waals surface area contributed by atoms with Crippen LogP contribution in [0.4, 0.5) is 34.1 Å². The van der Waals surface area contributed by atoms with E-state index in [2.05, 4.69) is 187 Å². The van der Waals surface area contributed by atoms with E-state index >= 15 is 0 Å². The minimum Gasteiger partial charge on any atom is -0.490 e. The highest BCUT2D eigenvalue weighted by molar-refractivity contribution is 7.00. The molecule has 316 valence electrons. The van der Waals surface area contributed by atoms with Gasteiger partial charge in [0.2, 0.25) is 0 Å². The number of rotatable bonds is 2. The van der Waals surface area contributed by atoms with Crippen LogP contribution in [-0.2, 0) is 21.7 Å². The third-order valence-corrected chi connectivity index (χ3v) is 13.5. The number of nitrogens with zero attached hydrogens (tertiary/aromatic N) is 2. The Morgan fingerprint density at radius 1 is 0.508 bits per heavy atom. The first kappa shape index (κ1) is 41.3. The Morgan fingerprint density at radius 2 is 1.05 bits per heavy atom. The van der Waals surface area contributed by atoms with Crippen molar-refractivity contribution in [3.8, 4) is 11.5 Å². The van der Waals surface area contributed by atoms with Gasteiger partial charge in [0.25, 0.3) is 6.71 Å². The fourth-order valence-electron chi connectivity index (χ4n) is 10.0. The monoisotopic (exact) mass is 813 g/mol. The van der Waals surface area contributed by atoms with Gasteiger partial charge in [0.05, 0.1) is 35.9 Å². The summed E-state index contributed by atoms with van der Waals surface area (Å²) in [5.74, 6) is 1.67. The first-order valence-electron chi connectivity index (χ1n) is 22.5. The Hall–Kier alpha value is -5.10. The van der Waals surface area contributed by atoms with Gasteiger partial charge in [0, 0.05) is 34.4 Å². The van der Waals surface area contributed by atoms with Gasteiger partial charge in [-0.2, -0.15) is 0 Å². The number of furan rings is 1. The molecule has 61 heavy (non-hydrogen) atoms. The van der Waals surface area contributed by atoms with E-state index in [-0.39, 0.29) is 28.4 Å². The molecule has 3 aliphatic rings. The molecule has 0 bridgehead atoms. The minimum absolute atomic E-state index is 0.00874. The minimum atomic E-state index is -0.153. The molecule has 0 N–H and O–H groups in total. The largest absolute Gasteiger partial charge is 0.490 e. The van der Waals surface area contributed by atoms with Crippen LogP contribution < -0.4 is 35.9 Å². The molecule has 6 aromatic rings.